The minimum absolute atomic E-state index is 0.112. The molecule has 0 saturated heterocycles. The van der Waals surface area contributed by atoms with Gasteiger partial charge < -0.3 is 5.73 Å². The molecule has 0 spiro atoms. The summed E-state index contributed by atoms with van der Waals surface area (Å²) in [7, 11) is 1.81. The van der Waals surface area contributed by atoms with Crippen LogP contribution in [0.1, 0.15) is 36.8 Å². The third-order valence-electron chi connectivity index (χ3n) is 4.16. The second-order valence-corrected chi connectivity index (χ2v) is 5.78. The molecular formula is C15H20F4N2. The van der Waals surface area contributed by atoms with Gasteiger partial charge in [0.1, 0.15) is 5.82 Å². The first-order chi connectivity index (χ1) is 9.77. The normalized spacial score (nSPS) is 23.6. The summed E-state index contributed by atoms with van der Waals surface area (Å²) >= 11 is 0. The standard InChI is InChI=1S/C15H20F4N2/c1-21(13-6-4-12(20)5-7-13)9-10-2-3-11(16)8-14(10)15(17,18)19/h2-3,8,12-13H,4-7,9,20H2,1H3. The van der Waals surface area contributed by atoms with E-state index in [0.29, 0.717) is 6.07 Å². The van der Waals surface area contributed by atoms with Gasteiger partial charge in [-0.25, -0.2) is 4.39 Å². The van der Waals surface area contributed by atoms with Gasteiger partial charge in [0.25, 0.3) is 0 Å². The van der Waals surface area contributed by atoms with E-state index in [1.807, 2.05) is 11.9 Å². The lowest BCUT2D eigenvalue weighted by Crippen LogP contribution is -2.38. The highest BCUT2D eigenvalue weighted by atomic mass is 19.4. The topological polar surface area (TPSA) is 29.3 Å². The Morgan fingerprint density at radius 2 is 1.81 bits per heavy atom. The SMILES string of the molecule is CN(Cc1ccc(F)cc1C(F)(F)F)C1CCC(N)CC1. The molecule has 0 amide bonds. The fourth-order valence-electron chi connectivity index (χ4n) is 2.89. The zero-order valence-corrected chi connectivity index (χ0v) is 12.0. The summed E-state index contributed by atoms with van der Waals surface area (Å²) < 4.78 is 52.0. The quantitative estimate of drug-likeness (QED) is 0.865. The van der Waals surface area contributed by atoms with Crippen LogP contribution in [0.5, 0.6) is 0 Å². The first kappa shape index (κ1) is 16.2. The van der Waals surface area contributed by atoms with E-state index in [1.54, 1.807) is 0 Å². The van der Waals surface area contributed by atoms with Crippen LogP contribution in [0.4, 0.5) is 17.6 Å². The van der Waals surface area contributed by atoms with Gasteiger partial charge >= 0.3 is 6.18 Å². The van der Waals surface area contributed by atoms with Crippen molar-refractivity contribution in [2.24, 2.45) is 5.73 Å². The van der Waals surface area contributed by atoms with Crippen molar-refractivity contribution >= 4 is 0 Å². The second kappa shape index (κ2) is 6.32. The van der Waals surface area contributed by atoms with Gasteiger partial charge in [-0.1, -0.05) is 6.07 Å². The average Bonchev–Trinajstić information content (AvgIpc) is 2.40. The molecule has 2 nitrogen and oxygen atoms in total. The number of benzene rings is 1. The maximum atomic E-state index is 13.1. The molecule has 1 fully saturated rings. The summed E-state index contributed by atoms with van der Waals surface area (Å²) in [4.78, 5) is 1.91. The lowest BCUT2D eigenvalue weighted by atomic mass is 9.90. The van der Waals surface area contributed by atoms with Crippen LogP contribution in [-0.2, 0) is 12.7 Å². The molecule has 6 heteroatoms. The van der Waals surface area contributed by atoms with E-state index in [4.69, 9.17) is 5.73 Å². The molecule has 2 N–H and O–H groups in total. The molecule has 1 aromatic carbocycles. The molecular weight excluding hydrogens is 284 g/mol. The zero-order chi connectivity index (χ0) is 15.6. The highest BCUT2D eigenvalue weighted by Crippen LogP contribution is 2.33. The van der Waals surface area contributed by atoms with Gasteiger partial charge in [0.05, 0.1) is 5.56 Å². The molecule has 2 rings (SSSR count). The second-order valence-electron chi connectivity index (χ2n) is 5.78. The van der Waals surface area contributed by atoms with Gasteiger partial charge in [0.2, 0.25) is 0 Å². The van der Waals surface area contributed by atoms with Crippen molar-refractivity contribution in [1.29, 1.82) is 0 Å². The molecule has 1 aliphatic carbocycles. The average molecular weight is 304 g/mol. The van der Waals surface area contributed by atoms with Crippen molar-refractivity contribution in [3.63, 3.8) is 0 Å². The summed E-state index contributed by atoms with van der Waals surface area (Å²) in [5.41, 5.74) is 5.06. The molecule has 21 heavy (non-hydrogen) atoms. The molecule has 1 aliphatic rings. The van der Waals surface area contributed by atoms with Gasteiger partial charge in [-0.2, -0.15) is 13.2 Å². The van der Waals surface area contributed by atoms with Crippen molar-refractivity contribution in [3.05, 3.63) is 35.1 Å². The number of hydrogen-bond donors (Lipinski definition) is 1. The number of rotatable bonds is 3. The van der Waals surface area contributed by atoms with E-state index in [9.17, 15) is 17.6 Å². The number of halogens is 4. The Morgan fingerprint density at radius 1 is 1.19 bits per heavy atom. The lowest BCUT2D eigenvalue weighted by molar-refractivity contribution is -0.138. The Labute approximate surface area is 121 Å². The Bertz CT molecular complexity index is 479. The van der Waals surface area contributed by atoms with Crippen LogP contribution < -0.4 is 5.73 Å². The first-order valence-electron chi connectivity index (χ1n) is 7.09. The molecule has 0 atom stereocenters. The zero-order valence-electron chi connectivity index (χ0n) is 12.0. The minimum Gasteiger partial charge on any atom is -0.328 e. The highest BCUT2D eigenvalue weighted by Gasteiger charge is 2.34. The van der Waals surface area contributed by atoms with Gasteiger partial charge in [-0.15, -0.1) is 0 Å². The third-order valence-corrected chi connectivity index (χ3v) is 4.16. The van der Waals surface area contributed by atoms with Crippen molar-refractivity contribution < 1.29 is 17.6 Å². The molecule has 0 bridgehead atoms. The predicted molar refractivity (Wildman–Crippen MR) is 73.1 cm³/mol. The van der Waals surface area contributed by atoms with Crippen LogP contribution in [-0.4, -0.2) is 24.0 Å². The predicted octanol–water partition coefficient (Wildman–Crippen LogP) is 3.55. The van der Waals surface area contributed by atoms with Crippen LogP contribution in [0.15, 0.2) is 18.2 Å². The van der Waals surface area contributed by atoms with E-state index in [2.05, 4.69) is 0 Å². The van der Waals surface area contributed by atoms with E-state index in [1.165, 1.54) is 6.07 Å². The van der Waals surface area contributed by atoms with E-state index < -0.39 is 17.6 Å². The van der Waals surface area contributed by atoms with Crippen LogP contribution in [0.3, 0.4) is 0 Å². The third kappa shape index (κ3) is 4.17. The van der Waals surface area contributed by atoms with Crippen LogP contribution >= 0.6 is 0 Å². The van der Waals surface area contributed by atoms with E-state index >= 15 is 0 Å². The van der Waals surface area contributed by atoms with Gasteiger partial charge in [0.15, 0.2) is 0 Å². The van der Waals surface area contributed by atoms with Crippen LogP contribution in [0.2, 0.25) is 0 Å². The smallest absolute Gasteiger partial charge is 0.328 e. The van der Waals surface area contributed by atoms with Crippen LogP contribution in [0, 0.1) is 5.82 Å². The molecule has 0 heterocycles. The number of alkyl halides is 3. The molecule has 1 saturated carbocycles. The molecule has 0 radical (unpaired) electrons. The molecule has 118 valence electrons. The van der Waals surface area contributed by atoms with Gasteiger partial charge in [-0.05, 0) is 50.4 Å². The maximum absolute atomic E-state index is 13.1. The highest BCUT2D eigenvalue weighted by molar-refractivity contribution is 5.30. The molecule has 1 aromatic rings. The largest absolute Gasteiger partial charge is 0.416 e. The fourth-order valence-corrected chi connectivity index (χ4v) is 2.89. The maximum Gasteiger partial charge on any atom is 0.416 e. The molecule has 0 aliphatic heterocycles. The summed E-state index contributed by atoms with van der Waals surface area (Å²) in [5.74, 6) is -0.864. The number of hydrogen-bond acceptors (Lipinski definition) is 2. The van der Waals surface area contributed by atoms with Gasteiger partial charge in [-0.3, -0.25) is 4.90 Å². The van der Waals surface area contributed by atoms with E-state index in [-0.39, 0.29) is 24.2 Å². The Hall–Kier alpha value is -1.14. The summed E-state index contributed by atoms with van der Waals surface area (Å²) in [6.07, 6.45) is -0.970. The Kier molecular flexibility index (Phi) is 4.88. The molecule has 0 aromatic heterocycles. The minimum atomic E-state index is -4.53. The lowest BCUT2D eigenvalue weighted by Gasteiger charge is -2.34. The Balaban J connectivity index is 2.12. The van der Waals surface area contributed by atoms with Crippen molar-refractivity contribution in [1.82, 2.24) is 4.90 Å². The summed E-state index contributed by atoms with van der Waals surface area (Å²) in [6, 6.07) is 3.31. The van der Waals surface area contributed by atoms with Crippen molar-refractivity contribution in [2.75, 3.05) is 7.05 Å². The van der Waals surface area contributed by atoms with Crippen molar-refractivity contribution in [2.45, 2.75) is 50.5 Å². The fraction of sp³-hybridized carbons (Fsp3) is 0.600. The van der Waals surface area contributed by atoms with Crippen molar-refractivity contribution in [3.8, 4) is 0 Å². The first-order valence-corrected chi connectivity index (χ1v) is 7.09. The van der Waals surface area contributed by atoms with Gasteiger partial charge in [0, 0.05) is 18.6 Å². The number of nitrogens with zero attached hydrogens (tertiary/aromatic N) is 1. The van der Waals surface area contributed by atoms with Crippen LogP contribution in [0.25, 0.3) is 0 Å². The summed E-state index contributed by atoms with van der Waals surface area (Å²) in [6.45, 7) is 0.162. The number of nitrogens with two attached hydrogens (primary N) is 1. The molecule has 0 unspecified atom stereocenters. The van der Waals surface area contributed by atoms with E-state index in [0.717, 1.165) is 31.7 Å². The summed E-state index contributed by atoms with van der Waals surface area (Å²) in [5, 5.41) is 0. The Morgan fingerprint density at radius 3 is 2.38 bits per heavy atom. The monoisotopic (exact) mass is 304 g/mol.